The highest BCUT2D eigenvalue weighted by Gasteiger charge is 2.06. The van der Waals surface area contributed by atoms with Gasteiger partial charge in [0.15, 0.2) is 0 Å². The molecule has 0 aliphatic carbocycles. The van der Waals surface area contributed by atoms with Gasteiger partial charge in [0.25, 0.3) is 0 Å². The van der Waals surface area contributed by atoms with Crippen LogP contribution in [0.5, 0.6) is 11.5 Å². The van der Waals surface area contributed by atoms with Crippen molar-refractivity contribution >= 4 is 0 Å². The van der Waals surface area contributed by atoms with Crippen LogP contribution in [0.2, 0.25) is 0 Å². The van der Waals surface area contributed by atoms with Gasteiger partial charge in [0.1, 0.15) is 11.5 Å². The number of hydrogen-bond donors (Lipinski definition) is 2. The van der Waals surface area contributed by atoms with E-state index in [4.69, 9.17) is 0 Å². The monoisotopic (exact) mass is 228 g/mol. The minimum Gasteiger partial charge on any atom is -0.508 e. The van der Waals surface area contributed by atoms with Crippen molar-refractivity contribution in [3.63, 3.8) is 0 Å². The lowest BCUT2D eigenvalue weighted by Crippen LogP contribution is -1.86. The van der Waals surface area contributed by atoms with Crippen LogP contribution in [0.1, 0.15) is 16.7 Å². The van der Waals surface area contributed by atoms with Gasteiger partial charge >= 0.3 is 0 Å². The maximum atomic E-state index is 9.82. The largest absolute Gasteiger partial charge is 0.508 e. The smallest absolute Gasteiger partial charge is 0.119 e. The van der Waals surface area contributed by atoms with Crippen molar-refractivity contribution in [1.82, 2.24) is 0 Å². The van der Waals surface area contributed by atoms with E-state index in [1.54, 1.807) is 12.1 Å². The highest BCUT2D eigenvalue weighted by atomic mass is 16.3. The Morgan fingerprint density at radius 3 is 1.94 bits per heavy atom. The topological polar surface area (TPSA) is 40.5 Å². The second-order valence-electron chi connectivity index (χ2n) is 4.44. The van der Waals surface area contributed by atoms with Gasteiger partial charge in [-0.25, -0.2) is 0 Å². The molecule has 0 aliphatic rings. The van der Waals surface area contributed by atoms with Gasteiger partial charge in [-0.05, 0) is 66.8 Å². The van der Waals surface area contributed by atoms with Crippen LogP contribution in [0.4, 0.5) is 0 Å². The zero-order valence-corrected chi connectivity index (χ0v) is 10.3. The molecule has 0 amide bonds. The molecule has 2 aromatic rings. The van der Waals surface area contributed by atoms with E-state index in [-0.39, 0.29) is 0 Å². The summed E-state index contributed by atoms with van der Waals surface area (Å²) in [5.74, 6) is 0.604. The summed E-state index contributed by atoms with van der Waals surface area (Å²) < 4.78 is 0. The average molecular weight is 228 g/mol. The molecule has 0 aliphatic heterocycles. The summed E-state index contributed by atoms with van der Waals surface area (Å²) in [6, 6.07) is 9.25. The Balaban J connectivity index is 2.57. The first-order valence-corrected chi connectivity index (χ1v) is 5.59. The molecule has 2 N–H and O–H groups in total. The normalized spacial score (nSPS) is 10.5. The van der Waals surface area contributed by atoms with Crippen LogP contribution in [-0.4, -0.2) is 10.2 Å². The molecule has 2 rings (SSSR count). The van der Waals surface area contributed by atoms with E-state index >= 15 is 0 Å². The van der Waals surface area contributed by atoms with Crippen LogP contribution >= 0.6 is 0 Å². The first-order chi connectivity index (χ1) is 7.99. The zero-order chi connectivity index (χ0) is 12.6. The van der Waals surface area contributed by atoms with Crippen molar-refractivity contribution in [2.45, 2.75) is 20.8 Å². The summed E-state index contributed by atoms with van der Waals surface area (Å²) in [5, 5.41) is 19.3. The van der Waals surface area contributed by atoms with Gasteiger partial charge in [-0.1, -0.05) is 12.1 Å². The van der Waals surface area contributed by atoms with Crippen molar-refractivity contribution in [3.05, 3.63) is 47.0 Å². The summed E-state index contributed by atoms with van der Waals surface area (Å²) in [5.41, 5.74) is 4.77. The average Bonchev–Trinajstić information content (AvgIpc) is 2.29. The minimum atomic E-state index is 0.293. The fourth-order valence-corrected chi connectivity index (χ4v) is 1.84. The lowest BCUT2D eigenvalue weighted by molar-refractivity contribution is 0.471. The van der Waals surface area contributed by atoms with Crippen molar-refractivity contribution in [2.75, 3.05) is 0 Å². The molecule has 0 radical (unpaired) electrons. The fourth-order valence-electron chi connectivity index (χ4n) is 1.84. The second-order valence-corrected chi connectivity index (χ2v) is 4.44. The van der Waals surface area contributed by atoms with E-state index in [1.807, 2.05) is 39.0 Å². The molecule has 0 spiro atoms. The third kappa shape index (κ3) is 2.11. The van der Waals surface area contributed by atoms with Gasteiger partial charge in [-0.3, -0.25) is 0 Å². The Morgan fingerprint density at radius 1 is 0.706 bits per heavy atom. The van der Waals surface area contributed by atoms with Crippen LogP contribution < -0.4 is 0 Å². The molecule has 2 aromatic carbocycles. The highest BCUT2D eigenvalue weighted by molar-refractivity contribution is 5.69. The van der Waals surface area contributed by atoms with Crippen LogP contribution in [0, 0.1) is 20.8 Å². The first kappa shape index (κ1) is 11.5. The lowest BCUT2D eigenvalue weighted by Gasteiger charge is -2.09. The molecular formula is C15H16O2. The van der Waals surface area contributed by atoms with Gasteiger partial charge in [0.2, 0.25) is 0 Å². The van der Waals surface area contributed by atoms with Gasteiger partial charge < -0.3 is 10.2 Å². The maximum absolute atomic E-state index is 9.82. The van der Waals surface area contributed by atoms with Crippen molar-refractivity contribution < 1.29 is 10.2 Å². The van der Waals surface area contributed by atoms with E-state index in [9.17, 15) is 10.2 Å². The summed E-state index contributed by atoms with van der Waals surface area (Å²) >= 11 is 0. The van der Waals surface area contributed by atoms with Crippen LogP contribution in [0.15, 0.2) is 30.3 Å². The lowest BCUT2D eigenvalue weighted by atomic mass is 9.98. The Hall–Kier alpha value is -1.96. The number of phenolic OH excluding ortho intramolecular Hbond substituents is 2. The number of aryl methyl sites for hydroxylation is 2. The Morgan fingerprint density at radius 2 is 1.35 bits per heavy atom. The molecule has 0 saturated heterocycles. The molecule has 0 atom stereocenters. The summed E-state index contributed by atoms with van der Waals surface area (Å²) in [6.45, 7) is 5.74. The van der Waals surface area contributed by atoms with Gasteiger partial charge in [-0.2, -0.15) is 0 Å². The van der Waals surface area contributed by atoms with E-state index in [2.05, 4.69) is 0 Å². The van der Waals surface area contributed by atoms with Gasteiger partial charge in [0, 0.05) is 0 Å². The molecule has 2 nitrogen and oxygen atoms in total. The summed E-state index contributed by atoms with van der Waals surface area (Å²) in [7, 11) is 0. The molecule has 0 heterocycles. The second kappa shape index (κ2) is 4.13. The van der Waals surface area contributed by atoms with Crippen molar-refractivity contribution in [1.29, 1.82) is 0 Å². The third-order valence-electron chi connectivity index (χ3n) is 3.17. The minimum absolute atomic E-state index is 0.293. The maximum Gasteiger partial charge on any atom is 0.119 e. The summed E-state index contributed by atoms with van der Waals surface area (Å²) in [6.07, 6.45) is 0. The Bertz CT molecular complexity index is 548. The molecule has 0 aromatic heterocycles. The molecule has 0 bridgehead atoms. The highest BCUT2D eigenvalue weighted by Crippen LogP contribution is 2.31. The first-order valence-electron chi connectivity index (χ1n) is 5.59. The van der Waals surface area contributed by atoms with Crippen molar-refractivity contribution in [2.24, 2.45) is 0 Å². The molecule has 88 valence electrons. The summed E-state index contributed by atoms with van der Waals surface area (Å²) in [4.78, 5) is 0. The molecule has 0 fully saturated rings. The van der Waals surface area contributed by atoms with Crippen LogP contribution in [-0.2, 0) is 0 Å². The SMILES string of the molecule is Cc1cc(-c2cc(C)c(C)c(O)c2)ccc1O. The molecule has 0 saturated carbocycles. The van der Waals surface area contributed by atoms with E-state index in [0.717, 1.165) is 27.8 Å². The predicted molar refractivity (Wildman–Crippen MR) is 69.4 cm³/mol. The fraction of sp³-hybridized carbons (Fsp3) is 0.200. The number of benzene rings is 2. The van der Waals surface area contributed by atoms with Crippen LogP contribution in [0.25, 0.3) is 11.1 Å². The Labute approximate surface area is 101 Å². The number of rotatable bonds is 1. The van der Waals surface area contributed by atoms with Gasteiger partial charge in [0.05, 0.1) is 0 Å². The quantitative estimate of drug-likeness (QED) is 0.781. The molecule has 2 heteroatoms. The predicted octanol–water partition coefficient (Wildman–Crippen LogP) is 3.69. The number of hydrogen-bond acceptors (Lipinski definition) is 2. The van der Waals surface area contributed by atoms with E-state index < -0.39 is 0 Å². The van der Waals surface area contributed by atoms with Gasteiger partial charge in [-0.15, -0.1) is 0 Å². The van der Waals surface area contributed by atoms with Crippen molar-refractivity contribution in [3.8, 4) is 22.6 Å². The number of phenols is 2. The van der Waals surface area contributed by atoms with E-state index in [0.29, 0.717) is 11.5 Å². The molecule has 0 unspecified atom stereocenters. The van der Waals surface area contributed by atoms with E-state index in [1.165, 1.54) is 0 Å². The molecule has 17 heavy (non-hydrogen) atoms. The third-order valence-corrected chi connectivity index (χ3v) is 3.17. The van der Waals surface area contributed by atoms with Crippen LogP contribution in [0.3, 0.4) is 0 Å². The standard InChI is InChI=1S/C15H16O2/c1-9-6-13(8-15(17)11(9)3)12-4-5-14(16)10(2)7-12/h4-8,16-17H,1-3H3. The zero-order valence-electron chi connectivity index (χ0n) is 10.3. The molecular weight excluding hydrogens is 212 g/mol. The number of aromatic hydroxyl groups is 2. The Kier molecular flexibility index (Phi) is 2.80.